The Hall–Kier alpha value is -0.750. The van der Waals surface area contributed by atoms with Crippen LogP contribution < -0.4 is 5.32 Å². The molecular formula is C14H16BrF3N2. The van der Waals surface area contributed by atoms with Crippen LogP contribution in [0.15, 0.2) is 22.7 Å². The Morgan fingerprint density at radius 2 is 1.90 bits per heavy atom. The van der Waals surface area contributed by atoms with Gasteiger partial charge in [0.2, 0.25) is 0 Å². The lowest BCUT2D eigenvalue weighted by Crippen LogP contribution is -2.53. The number of hydrogen-bond acceptors (Lipinski definition) is 2. The molecule has 6 heteroatoms. The van der Waals surface area contributed by atoms with Crippen LogP contribution in [0.5, 0.6) is 0 Å². The van der Waals surface area contributed by atoms with Gasteiger partial charge in [0.25, 0.3) is 0 Å². The number of fused-ring (bicyclic) bond motifs is 3. The fraction of sp³-hybridized carbons (Fsp3) is 0.571. The number of piperidine rings is 3. The summed E-state index contributed by atoms with van der Waals surface area (Å²) < 4.78 is 39.7. The maximum Gasteiger partial charge on any atom is 0.418 e. The summed E-state index contributed by atoms with van der Waals surface area (Å²) in [6.45, 7) is 3.00. The lowest BCUT2D eigenvalue weighted by atomic mass is 9.84. The van der Waals surface area contributed by atoms with Crippen LogP contribution in [-0.4, -0.2) is 30.6 Å². The smallest absolute Gasteiger partial charge is 0.380 e. The van der Waals surface area contributed by atoms with Crippen LogP contribution in [0.1, 0.15) is 18.4 Å². The van der Waals surface area contributed by atoms with E-state index >= 15 is 0 Å². The fourth-order valence-corrected chi connectivity index (χ4v) is 3.57. The van der Waals surface area contributed by atoms with E-state index in [-0.39, 0.29) is 11.7 Å². The van der Waals surface area contributed by atoms with Crippen molar-refractivity contribution in [1.82, 2.24) is 4.90 Å². The predicted molar refractivity (Wildman–Crippen MR) is 75.7 cm³/mol. The van der Waals surface area contributed by atoms with Gasteiger partial charge in [-0.1, -0.05) is 15.9 Å². The van der Waals surface area contributed by atoms with E-state index in [0.29, 0.717) is 10.4 Å². The molecule has 3 aliphatic heterocycles. The fourth-order valence-electron chi connectivity index (χ4n) is 3.21. The molecule has 0 aromatic heterocycles. The number of rotatable bonds is 2. The van der Waals surface area contributed by atoms with Crippen molar-refractivity contribution in [2.75, 3.05) is 25.0 Å². The van der Waals surface area contributed by atoms with Gasteiger partial charge in [-0.25, -0.2) is 0 Å². The molecule has 2 nitrogen and oxygen atoms in total. The first kappa shape index (κ1) is 14.2. The Morgan fingerprint density at radius 3 is 2.45 bits per heavy atom. The van der Waals surface area contributed by atoms with Gasteiger partial charge in [0, 0.05) is 22.7 Å². The second kappa shape index (κ2) is 5.22. The van der Waals surface area contributed by atoms with Crippen LogP contribution in [0.25, 0.3) is 0 Å². The van der Waals surface area contributed by atoms with Gasteiger partial charge in [0.05, 0.1) is 5.56 Å². The van der Waals surface area contributed by atoms with E-state index in [9.17, 15) is 13.2 Å². The number of nitrogens with zero attached hydrogens (tertiary/aromatic N) is 1. The highest BCUT2D eigenvalue weighted by molar-refractivity contribution is 9.10. The zero-order valence-electron chi connectivity index (χ0n) is 10.9. The van der Waals surface area contributed by atoms with Gasteiger partial charge in [-0.2, -0.15) is 13.2 Å². The molecule has 1 N–H and O–H groups in total. The highest BCUT2D eigenvalue weighted by Crippen LogP contribution is 2.38. The highest BCUT2D eigenvalue weighted by Gasteiger charge is 2.37. The van der Waals surface area contributed by atoms with E-state index in [1.54, 1.807) is 6.07 Å². The molecule has 3 fully saturated rings. The van der Waals surface area contributed by atoms with Gasteiger partial charge < -0.3 is 10.2 Å². The molecule has 110 valence electrons. The predicted octanol–water partition coefficient (Wildman–Crippen LogP) is 3.97. The van der Waals surface area contributed by atoms with Crippen LogP contribution in [0.3, 0.4) is 0 Å². The SMILES string of the molecule is FC(F)(F)c1cc(Br)ccc1NC1CN2CCC1CC2. The number of alkyl halides is 3. The van der Waals surface area contributed by atoms with Gasteiger partial charge in [-0.3, -0.25) is 0 Å². The van der Waals surface area contributed by atoms with Gasteiger partial charge >= 0.3 is 6.18 Å². The maximum atomic E-state index is 13.1. The third-order valence-corrected chi connectivity index (χ3v) is 4.78. The summed E-state index contributed by atoms with van der Waals surface area (Å²) in [4.78, 5) is 2.32. The van der Waals surface area contributed by atoms with E-state index in [1.807, 2.05) is 0 Å². The quantitative estimate of drug-likeness (QED) is 0.869. The first-order chi connectivity index (χ1) is 9.43. The van der Waals surface area contributed by atoms with Crippen LogP contribution in [0.4, 0.5) is 18.9 Å². The zero-order valence-corrected chi connectivity index (χ0v) is 12.5. The topological polar surface area (TPSA) is 15.3 Å². The Balaban J connectivity index is 1.84. The summed E-state index contributed by atoms with van der Waals surface area (Å²) in [5, 5.41) is 3.13. The Bertz CT molecular complexity index is 496. The summed E-state index contributed by atoms with van der Waals surface area (Å²) in [5.41, 5.74) is -0.400. The third kappa shape index (κ3) is 2.81. The molecule has 3 saturated heterocycles. The molecule has 0 spiro atoms. The number of anilines is 1. The zero-order chi connectivity index (χ0) is 14.3. The summed E-state index contributed by atoms with van der Waals surface area (Å²) in [6.07, 6.45) is -2.18. The van der Waals surface area contributed by atoms with Gasteiger partial charge in [-0.05, 0) is 50.0 Å². The lowest BCUT2D eigenvalue weighted by molar-refractivity contribution is -0.137. The first-order valence-electron chi connectivity index (χ1n) is 6.79. The molecule has 0 radical (unpaired) electrons. The largest absolute Gasteiger partial charge is 0.418 e. The summed E-state index contributed by atoms with van der Waals surface area (Å²) in [7, 11) is 0. The molecule has 1 aromatic rings. The number of halogens is 4. The van der Waals surface area contributed by atoms with E-state index < -0.39 is 11.7 Å². The average molecular weight is 349 g/mol. The van der Waals surface area contributed by atoms with Gasteiger partial charge in [0.1, 0.15) is 0 Å². The Morgan fingerprint density at radius 1 is 1.20 bits per heavy atom. The molecule has 3 aliphatic rings. The minimum Gasteiger partial charge on any atom is -0.380 e. The maximum absolute atomic E-state index is 13.1. The normalized spacial score (nSPS) is 29.5. The molecule has 1 atom stereocenters. The monoisotopic (exact) mass is 348 g/mol. The van der Waals surface area contributed by atoms with Crippen LogP contribution in [0.2, 0.25) is 0 Å². The van der Waals surface area contributed by atoms with E-state index in [0.717, 1.165) is 38.5 Å². The third-order valence-electron chi connectivity index (χ3n) is 4.28. The molecule has 20 heavy (non-hydrogen) atoms. The average Bonchev–Trinajstić information content (AvgIpc) is 2.41. The highest BCUT2D eigenvalue weighted by atomic mass is 79.9. The minimum absolute atomic E-state index is 0.125. The molecule has 1 aromatic carbocycles. The summed E-state index contributed by atoms with van der Waals surface area (Å²) in [6, 6.07) is 4.44. The molecule has 4 rings (SSSR count). The van der Waals surface area contributed by atoms with Gasteiger partial charge in [-0.15, -0.1) is 0 Å². The van der Waals surface area contributed by atoms with Crippen molar-refractivity contribution >= 4 is 21.6 Å². The van der Waals surface area contributed by atoms with Crippen LogP contribution >= 0.6 is 15.9 Å². The number of hydrogen-bond donors (Lipinski definition) is 1. The van der Waals surface area contributed by atoms with Crippen molar-refractivity contribution < 1.29 is 13.2 Å². The molecule has 2 bridgehead atoms. The second-order valence-corrected chi connectivity index (χ2v) is 6.49. The molecule has 0 amide bonds. The van der Waals surface area contributed by atoms with Crippen molar-refractivity contribution in [3.8, 4) is 0 Å². The number of benzene rings is 1. The summed E-state index contributed by atoms with van der Waals surface area (Å²) in [5.74, 6) is 0.490. The van der Waals surface area contributed by atoms with Crippen LogP contribution in [-0.2, 0) is 6.18 Å². The minimum atomic E-state index is -4.33. The Kier molecular flexibility index (Phi) is 3.71. The van der Waals surface area contributed by atoms with Crippen LogP contribution in [0, 0.1) is 5.92 Å². The van der Waals surface area contributed by atoms with Crippen molar-refractivity contribution in [2.45, 2.75) is 25.1 Å². The number of nitrogens with one attached hydrogen (secondary N) is 1. The van der Waals surface area contributed by atoms with Crippen molar-refractivity contribution in [3.05, 3.63) is 28.2 Å². The molecular weight excluding hydrogens is 333 g/mol. The standard InChI is InChI=1S/C14H16BrF3N2/c15-10-1-2-12(11(7-10)14(16,17)18)19-13-8-20-5-3-9(13)4-6-20/h1-2,7,9,13,19H,3-6,8H2. The molecule has 1 unspecified atom stereocenters. The van der Waals surface area contributed by atoms with E-state index in [4.69, 9.17) is 0 Å². The van der Waals surface area contributed by atoms with E-state index in [1.165, 1.54) is 6.07 Å². The lowest BCUT2D eigenvalue weighted by Gasteiger charge is -2.45. The van der Waals surface area contributed by atoms with Crippen molar-refractivity contribution in [2.24, 2.45) is 5.92 Å². The molecule has 0 aliphatic carbocycles. The summed E-state index contributed by atoms with van der Waals surface area (Å²) >= 11 is 3.11. The Labute approximate surface area is 124 Å². The van der Waals surface area contributed by atoms with Crippen molar-refractivity contribution in [1.29, 1.82) is 0 Å². The van der Waals surface area contributed by atoms with Crippen molar-refractivity contribution in [3.63, 3.8) is 0 Å². The van der Waals surface area contributed by atoms with Gasteiger partial charge in [0.15, 0.2) is 0 Å². The van der Waals surface area contributed by atoms with E-state index in [2.05, 4.69) is 26.1 Å². The first-order valence-corrected chi connectivity index (χ1v) is 7.58. The molecule has 0 saturated carbocycles. The molecule has 3 heterocycles. The second-order valence-electron chi connectivity index (χ2n) is 5.58.